The van der Waals surface area contributed by atoms with Crippen LogP contribution in [0.4, 0.5) is 0 Å². The van der Waals surface area contributed by atoms with E-state index < -0.39 is 23.3 Å². The molecule has 12 heavy (non-hydrogen) atoms. The molecule has 0 N–H and O–H groups in total. The van der Waals surface area contributed by atoms with Crippen molar-refractivity contribution in [3.8, 4) is 0 Å². The summed E-state index contributed by atoms with van der Waals surface area (Å²) in [6, 6.07) is 0. The van der Waals surface area contributed by atoms with Gasteiger partial charge in [-0.25, -0.2) is 0 Å². The Morgan fingerprint density at radius 3 is 2.25 bits per heavy atom. The van der Waals surface area contributed by atoms with Crippen LogP contribution in [0.25, 0.3) is 0 Å². The molecular formula is C9H17ClHgO. The second-order valence-corrected chi connectivity index (χ2v) is 13.8. The first-order chi connectivity index (χ1) is 5.58. The second kappa shape index (κ2) is 4.14. The topological polar surface area (TPSA) is 9.23 Å². The third kappa shape index (κ3) is 1.83. The third-order valence-electron chi connectivity index (χ3n) is 3.65. The Morgan fingerprint density at radius 1 is 1.25 bits per heavy atom. The van der Waals surface area contributed by atoms with Crippen LogP contribution in [-0.2, 0) is 28.1 Å². The van der Waals surface area contributed by atoms with Crippen LogP contribution in [0, 0.1) is 0 Å². The Balaban J connectivity index is 2.79. The molecule has 68 valence electrons. The van der Waals surface area contributed by atoms with Gasteiger partial charge >= 0.3 is 91.5 Å². The minimum atomic E-state index is -1.22. The molecule has 0 saturated heterocycles. The summed E-state index contributed by atoms with van der Waals surface area (Å²) in [5.41, 5.74) is 0.0918. The molecule has 1 aliphatic carbocycles. The van der Waals surface area contributed by atoms with Crippen molar-refractivity contribution in [2.75, 3.05) is 7.11 Å². The first kappa shape index (κ1) is 11.3. The van der Waals surface area contributed by atoms with Crippen molar-refractivity contribution in [2.24, 2.45) is 0 Å². The maximum atomic E-state index is 6.23. The molecule has 0 aliphatic heterocycles. The summed E-state index contributed by atoms with van der Waals surface area (Å²) in [6.07, 6.45) is 5.15. The van der Waals surface area contributed by atoms with Crippen LogP contribution in [-0.4, -0.2) is 12.7 Å². The molecule has 1 aliphatic rings. The van der Waals surface area contributed by atoms with Gasteiger partial charge in [0.2, 0.25) is 0 Å². The van der Waals surface area contributed by atoms with E-state index in [9.17, 15) is 0 Å². The summed E-state index contributed by atoms with van der Waals surface area (Å²) >= 11 is -1.22. The molecule has 0 aromatic carbocycles. The van der Waals surface area contributed by atoms with Gasteiger partial charge in [0.1, 0.15) is 0 Å². The van der Waals surface area contributed by atoms with Crippen molar-refractivity contribution < 1.29 is 28.1 Å². The standard InChI is InChI=1S/C9H17O.ClH.Hg/c1-8-6-4-5-7-9(8,2)10-3;;/h4-7H2,1-3H3;1H;/q;;+1/p-1/t9-;;/m0../s1. The van der Waals surface area contributed by atoms with Crippen molar-refractivity contribution in [2.45, 2.75) is 48.1 Å². The molecule has 1 nitrogen and oxygen atoms in total. The molecule has 0 spiro atoms. The van der Waals surface area contributed by atoms with E-state index in [1.807, 2.05) is 7.11 Å². The zero-order chi connectivity index (χ0) is 9.24. The fourth-order valence-corrected chi connectivity index (χ4v) is 9.59. The number of rotatable bonds is 2. The van der Waals surface area contributed by atoms with E-state index in [0.717, 1.165) is 0 Å². The Bertz CT molecular complexity index is 147. The van der Waals surface area contributed by atoms with Crippen molar-refractivity contribution in [3.63, 3.8) is 0 Å². The molecule has 0 radical (unpaired) electrons. The zero-order valence-corrected chi connectivity index (χ0v) is 14.6. The molecule has 0 heterocycles. The average Bonchev–Trinajstić information content (AvgIpc) is 2.10. The molecule has 0 aromatic heterocycles. The van der Waals surface area contributed by atoms with Crippen molar-refractivity contribution in [3.05, 3.63) is 0 Å². The summed E-state index contributed by atoms with van der Waals surface area (Å²) in [5.74, 6) is 0. The number of halogens is 1. The van der Waals surface area contributed by atoms with E-state index in [1.54, 1.807) is 0 Å². The molecule has 1 fully saturated rings. The van der Waals surface area contributed by atoms with Gasteiger partial charge in [-0.2, -0.15) is 0 Å². The van der Waals surface area contributed by atoms with Gasteiger partial charge in [-0.3, -0.25) is 0 Å². The average molecular weight is 377 g/mol. The predicted molar refractivity (Wildman–Crippen MR) is 48.1 cm³/mol. The SMILES string of the molecule is CO[C@@]1(C)CCCC[C@]1(C)[Hg][Cl]. The molecule has 0 unspecified atom stereocenters. The van der Waals surface area contributed by atoms with Crippen molar-refractivity contribution in [1.82, 2.24) is 0 Å². The van der Waals surface area contributed by atoms with Crippen LogP contribution in [0.3, 0.4) is 0 Å². The Kier molecular flexibility index (Phi) is 3.89. The summed E-state index contributed by atoms with van der Waals surface area (Å²) in [7, 11) is 8.06. The van der Waals surface area contributed by atoms with E-state index >= 15 is 0 Å². The molecule has 1 rings (SSSR count). The fourth-order valence-electron chi connectivity index (χ4n) is 2.10. The monoisotopic (exact) mass is 378 g/mol. The maximum absolute atomic E-state index is 6.23. The van der Waals surface area contributed by atoms with Gasteiger partial charge in [0.05, 0.1) is 0 Å². The normalized spacial score (nSPS) is 42.3. The number of ether oxygens (including phenoxy) is 1. The van der Waals surface area contributed by atoms with Gasteiger partial charge in [-0.15, -0.1) is 0 Å². The van der Waals surface area contributed by atoms with Gasteiger partial charge in [-0.1, -0.05) is 0 Å². The number of methoxy groups -OCH3 is 1. The summed E-state index contributed by atoms with van der Waals surface area (Å²) < 4.78 is 6.05. The van der Waals surface area contributed by atoms with Crippen LogP contribution in [0.15, 0.2) is 0 Å². The number of hydrogen-bond acceptors (Lipinski definition) is 1. The Morgan fingerprint density at radius 2 is 1.83 bits per heavy atom. The summed E-state index contributed by atoms with van der Waals surface area (Å²) in [5, 5.41) is 0. The van der Waals surface area contributed by atoms with Gasteiger partial charge in [0.25, 0.3) is 0 Å². The second-order valence-electron chi connectivity index (χ2n) is 4.34. The first-order valence-electron chi connectivity index (χ1n) is 4.69. The Labute approximate surface area is 91.1 Å². The van der Waals surface area contributed by atoms with Crippen LogP contribution in [0.2, 0.25) is 2.92 Å². The van der Waals surface area contributed by atoms with Gasteiger partial charge in [0, 0.05) is 0 Å². The van der Waals surface area contributed by atoms with Crippen molar-refractivity contribution in [1.29, 1.82) is 0 Å². The van der Waals surface area contributed by atoms with Gasteiger partial charge < -0.3 is 0 Å². The fraction of sp³-hybridized carbons (Fsp3) is 1.00. The molecular weight excluding hydrogens is 360 g/mol. The van der Waals surface area contributed by atoms with Gasteiger partial charge in [0.15, 0.2) is 0 Å². The van der Waals surface area contributed by atoms with Crippen LogP contribution < -0.4 is 0 Å². The van der Waals surface area contributed by atoms with Crippen molar-refractivity contribution >= 4 is 8.25 Å². The number of hydrogen-bond donors (Lipinski definition) is 0. The molecule has 0 aromatic rings. The molecule has 0 bridgehead atoms. The van der Waals surface area contributed by atoms with Crippen LogP contribution in [0.1, 0.15) is 39.5 Å². The van der Waals surface area contributed by atoms with Gasteiger partial charge in [-0.05, 0) is 0 Å². The quantitative estimate of drug-likeness (QED) is 0.671. The van der Waals surface area contributed by atoms with E-state index in [2.05, 4.69) is 13.8 Å². The first-order valence-corrected chi connectivity index (χ1v) is 14.2. The summed E-state index contributed by atoms with van der Waals surface area (Å²) in [4.78, 5) is 0. The van der Waals surface area contributed by atoms with Crippen LogP contribution >= 0.6 is 8.25 Å². The summed E-state index contributed by atoms with van der Waals surface area (Å²) in [6.45, 7) is 4.58. The predicted octanol–water partition coefficient (Wildman–Crippen LogP) is 3.38. The van der Waals surface area contributed by atoms with E-state index in [1.165, 1.54) is 25.7 Å². The minimum absolute atomic E-state index is 0.0918. The molecule has 2 atom stereocenters. The third-order valence-corrected chi connectivity index (χ3v) is 15.4. The molecule has 3 heteroatoms. The molecule has 0 amide bonds. The van der Waals surface area contributed by atoms with E-state index in [0.29, 0.717) is 2.92 Å². The zero-order valence-electron chi connectivity index (χ0n) is 8.32. The molecule has 1 saturated carbocycles. The van der Waals surface area contributed by atoms with E-state index in [-0.39, 0.29) is 5.60 Å². The van der Waals surface area contributed by atoms with Crippen LogP contribution in [0.5, 0.6) is 0 Å². The Hall–Kier alpha value is 1.19. The van der Waals surface area contributed by atoms with E-state index in [4.69, 9.17) is 13.0 Å².